The van der Waals surface area contributed by atoms with Crippen LogP contribution in [-0.2, 0) is 1.41 Å². The fourth-order valence-electron chi connectivity index (χ4n) is 0.0619. The van der Waals surface area contributed by atoms with Crippen molar-refractivity contribution in [3.63, 3.8) is 0 Å². The average molecular weight is 397 g/mol. The van der Waals surface area contributed by atoms with Crippen molar-refractivity contribution in [2.75, 3.05) is 0 Å². The normalized spacial score (nSPS) is 13.7. The minimum absolute atomic E-state index is 1.53. The van der Waals surface area contributed by atoms with E-state index in [0.717, 1.165) is 0 Å². The van der Waals surface area contributed by atoms with Gasteiger partial charge >= 0.3 is 72.9 Å². The van der Waals surface area contributed by atoms with Crippen LogP contribution < -0.4 is 0 Å². The van der Waals surface area contributed by atoms with E-state index in [9.17, 15) is 0 Å². The van der Waals surface area contributed by atoms with E-state index in [0.29, 0.717) is 0 Å². The van der Waals surface area contributed by atoms with Gasteiger partial charge in [0.15, 0.2) is 0 Å². The summed E-state index contributed by atoms with van der Waals surface area (Å²) in [4.78, 5) is 0. The van der Waals surface area contributed by atoms with Gasteiger partial charge < -0.3 is 0 Å². The quantitative estimate of drug-likeness (QED) is 0.641. The fourth-order valence-corrected chi connectivity index (χ4v) is 25.1. The summed E-state index contributed by atoms with van der Waals surface area (Å²) in [5, 5.41) is 0. The van der Waals surface area contributed by atoms with Crippen molar-refractivity contribution in [2.24, 2.45) is 0 Å². The molecule has 44 valence electrons. The summed E-state index contributed by atoms with van der Waals surface area (Å²) < 4.78 is 4.71. The summed E-state index contributed by atoms with van der Waals surface area (Å²) in [5.41, 5.74) is 0. The summed E-state index contributed by atoms with van der Waals surface area (Å²) in [6.07, 6.45) is 0. The molecule has 0 aliphatic rings. The third-order valence-electron chi connectivity index (χ3n) is 0.218. The number of halogens is 4. The molecule has 0 unspecified atom stereocenters. The Morgan fingerprint density at radius 2 is 1.71 bits per heavy atom. The predicted molar refractivity (Wildman–Crippen MR) is 38.8 cm³/mol. The van der Waals surface area contributed by atoms with Gasteiger partial charge in [-0.05, 0) is 0 Å². The minimum atomic E-state index is -3.40. The van der Waals surface area contributed by atoms with Crippen LogP contribution in [0.25, 0.3) is 0 Å². The molecule has 7 heavy (non-hydrogen) atoms. The first kappa shape index (κ1) is 9.72. The molecule has 0 saturated heterocycles. The zero-order valence-electron chi connectivity index (χ0n) is 3.13. The van der Waals surface area contributed by atoms with Gasteiger partial charge in [0.05, 0.1) is 0 Å². The number of rotatable bonds is 2. The zero-order valence-corrected chi connectivity index (χ0v) is 13.0. The monoisotopic (exact) mass is 398 g/mol. The van der Waals surface area contributed by atoms with E-state index in [-0.39, 0.29) is 0 Å². The molecular weight excluding hydrogens is 395 g/mol. The maximum atomic E-state index is 5.32. The van der Waals surface area contributed by atoms with E-state index in [1.54, 1.807) is 0 Å². The van der Waals surface area contributed by atoms with Crippen LogP contribution in [0.1, 0.15) is 0 Å². The van der Waals surface area contributed by atoms with Gasteiger partial charge in [-0.25, -0.2) is 0 Å². The van der Waals surface area contributed by atoms with Crippen molar-refractivity contribution in [3.8, 4) is 0 Å². The fraction of sp³-hybridized carbons (Fsp3) is 0. The van der Waals surface area contributed by atoms with Crippen LogP contribution in [0.4, 0.5) is 0 Å². The van der Waals surface area contributed by atoms with Crippen molar-refractivity contribution in [3.05, 3.63) is 0 Å². The Bertz CT molecular complexity index is 48.1. The molecule has 0 aromatic heterocycles. The summed E-state index contributed by atoms with van der Waals surface area (Å²) in [5.74, 6) is 0. The second-order valence-electron chi connectivity index (χ2n) is 0.699. The summed E-state index contributed by atoms with van der Waals surface area (Å²) >= 11 is -4.93. The summed E-state index contributed by atoms with van der Waals surface area (Å²) in [7, 11) is 21.2. The molecule has 0 atom stereocenters. The second kappa shape index (κ2) is 4.52. The van der Waals surface area contributed by atoms with Gasteiger partial charge in [0, 0.05) is 0 Å². The van der Waals surface area contributed by atoms with Crippen LogP contribution in [0.3, 0.4) is 0 Å². The molecule has 0 N–H and O–H groups in total. The van der Waals surface area contributed by atoms with Gasteiger partial charge in [0.2, 0.25) is 0 Å². The van der Waals surface area contributed by atoms with E-state index in [1.807, 2.05) is 0 Å². The van der Waals surface area contributed by atoms with Gasteiger partial charge in [0.25, 0.3) is 0 Å². The van der Waals surface area contributed by atoms with Crippen LogP contribution in [0.2, 0.25) is 0 Å². The van der Waals surface area contributed by atoms with E-state index in [4.69, 9.17) is 37.1 Å². The molecule has 1 nitrogen and oxygen atoms in total. The Hall–Kier alpha value is 2.72. The molecule has 0 aliphatic heterocycles. The molecule has 0 aromatic carbocycles. The van der Waals surface area contributed by atoms with Crippen LogP contribution in [0.15, 0.2) is 0 Å². The van der Waals surface area contributed by atoms with Crippen LogP contribution >= 0.6 is 35.7 Å². The van der Waals surface area contributed by atoms with Crippen molar-refractivity contribution in [1.29, 1.82) is 0 Å². The Labute approximate surface area is 71.6 Å². The summed E-state index contributed by atoms with van der Waals surface area (Å²) in [6.45, 7) is 0. The molecule has 0 radical (unpaired) electrons. The maximum absolute atomic E-state index is 5.32. The van der Waals surface area contributed by atoms with E-state index in [2.05, 4.69) is 0 Å². The van der Waals surface area contributed by atoms with Crippen molar-refractivity contribution in [2.45, 2.75) is 0 Å². The second-order valence-corrected chi connectivity index (χ2v) is 26.3. The van der Waals surface area contributed by atoms with Crippen molar-refractivity contribution < 1.29 is 1.41 Å². The SMILES string of the molecule is [Cl][SnH2][O][Sn]([Cl])([Cl])[Cl]. The molecule has 0 aliphatic carbocycles. The topological polar surface area (TPSA) is 9.23 Å². The van der Waals surface area contributed by atoms with Gasteiger partial charge in [-0.15, -0.1) is 0 Å². The molecule has 0 amide bonds. The first-order valence-electron chi connectivity index (χ1n) is 1.33. The van der Waals surface area contributed by atoms with Gasteiger partial charge in [-0.3, -0.25) is 0 Å². The number of hydrogen-bond acceptors (Lipinski definition) is 1. The average Bonchev–Trinajstić information content (AvgIpc) is 1.30. The molecule has 7 heteroatoms. The standard InChI is InChI=1S/4ClH.O.2Sn.2H/h4*1H;;;;;/q;;;;;+1;+3;;/p-4. The molecule has 0 saturated carbocycles. The molecule has 0 rings (SSSR count). The van der Waals surface area contributed by atoms with Crippen molar-refractivity contribution >= 4 is 71.5 Å². The molecular formula is H2Cl4OSn2. The Kier molecular flexibility index (Phi) is 6.27. The van der Waals surface area contributed by atoms with E-state index < -0.39 is 35.8 Å². The van der Waals surface area contributed by atoms with Gasteiger partial charge in [-0.2, -0.15) is 0 Å². The molecule has 0 spiro atoms. The molecule has 0 aromatic rings. The molecule has 0 heterocycles. The third kappa shape index (κ3) is 8.72. The predicted octanol–water partition coefficient (Wildman–Crippen LogP) is 1.39. The Morgan fingerprint density at radius 3 is 1.71 bits per heavy atom. The summed E-state index contributed by atoms with van der Waals surface area (Å²) in [6, 6.07) is 0. The molecule has 0 fully saturated rings. The molecule has 0 bridgehead atoms. The van der Waals surface area contributed by atoms with Crippen LogP contribution in [-0.4, -0.2) is 35.8 Å². The zero-order chi connectivity index (χ0) is 5.91. The van der Waals surface area contributed by atoms with E-state index in [1.165, 1.54) is 0 Å². The van der Waals surface area contributed by atoms with Crippen LogP contribution in [0, 0.1) is 0 Å². The first-order chi connectivity index (χ1) is 3.06. The third-order valence-corrected chi connectivity index (χ3v) is 29.5. The first-order valence-corrected chi connectivity index (χ1v) is 20.1. The van der Waals surface area contributed by atoms with Gasteiger partial charge in [-0.1, -0.05) is 0 Å². The Balaban J connectivity index is 3.15. The van der Waals surface area contributed by atoms with Gasteiger partial charge in [0.1, 0.15) is 0 Å². The van der Waals surface area contributed by atoms with E-state index >= 15 is 0 Å². The van der Waals surface area contributed by atoms with Crippen LogP contribution in [0.5, 0.6) is 0 Å². The Morgan fingerprint density at radius 1 is 1.29 bits per heavy atom. The van der Waals surface area contributed by atoms with Crippen molar-refractivity contribution in [1.82, 2.24) is 0 Å². The number of hydrogen-bond donors (Lipinski definition) is 0.